The Balaban J connectivity index is 1.78. The Morgan fingerprint density at radius 3 is 2.48 bits per heavy atom. The highest BCUT2D eigenvalue weighted by Crippen LogP contribution is 2.35. The van der Waals surface area contributed by atoms with E-state index in [1.807, 2.05) is 0 Å². The van der Waals surface area contributed by atoms with Crippen LogP contribution in [0.3, 0.4) is 0 Å². The molecule has 0 aromatic heterocycles. The fourth-order valence-electron chi connectivity index (χ4n) is 3.77. The lowest BCUT2D eigenvalue weighted by Crippen LogP contribution is -2.52. The average Bonchev–Trinajstić information content (AvgIpc) is 2.54. The Morgan fingerprint density at radius 1 is 1.24 bits per heavy atom. The second-order valence-corrected chi connectivity index (χ2v) is 6.99. The van der Waals surface area contributed by atoms with Crippen molar-refractivity contribution in [2.75, 3.05) is 26.2 Å². The van der Waals surface area contributed by atoms with Gasteiger partial charge in [0.2, 0.25) is 5.91 Å². The van der Waals surface area contributed by atoms with Gasteiger partial charge in [-0.2, -0.15) is 0 Å². The quantitative estimate of drug-likeness (QED) is 0.790. The molecule has 2 fully saturated rings. The molecule has 0 bridgehead atoms. The largest absolute Gasteiger partial charge is 0.353 e. The molecule has 1 saturated carbocycles. The maximum Gasteiger partial charge on any atom is 0.227 e. The maximum atomic E-state index is 12.7. The van der Waals surface area contributed by atoms with Crippen LogP contribution in [-0.2, 0) is 4.79 Å². The van der Waals surface area contributed by atoms with Crippen LogP contribution in [0.4, 0.5) is 0 Å². The molecule has 1 heterocycles. The normalized spacial score (nSPS) is 23.9. The number of hydrogen-bond donors (Lipinski definition) is 2. The van der Waals surface area contributed by atoms with Crippen LogP contribution < -0.4 is 11.1 Å². The van der Waals surface area contributed by atoms with Gasteiger partial charge in [-0.05, 0) is 38.6 Å². The standard InChI is InChI=1S/C17H33N3O/c1-2-3-11-20-12-7-15(8-13-20)19-16(21)17(14-18)9-5-4-6-10-17/h15H,2-14,18H2,1H3,(H,19,21). The van der Waals surface area contributed by atoms with Crippen molar-refractivity contribution in [3.8, 4) is 0 Å². The Hall–Kier alpha value is -0.610. The van der Waals surface area contributed by atoms with Crippen molar-refractivity contribution >= 4 is 5.91 Å². The number of carbonyl (C=O) groups excluding carboxylic acids is 1. The van der Waals surface area contributed by atoms with Crippen LogP contribution >= 0.6 is 0 Å². The molecule has 1 aliphatic carbocycles. The summed E-state index contributed by atoms with van der Waals surface area (Å²) in [6, 6.07) is 0.362. The summed E-state index contributed by atoms with van der Waals surface area (Å²) in [6.45, 7) is 6.21. The van der Waals surface area contributed by atoms with Crippen molar-refractivity contribution in [3.05, 3.63) is 0 Å². The van der Waals surface area contributed by atoms with Gasteiger partial charge in [-0.25, -0.2) is 0 Å². The molecule has 1 amide bonds. The average molecular weight is 295 g/mol. The highest BCUT2D eigenvalue weighted by molar-refractivity contribution is 5.83. The molecule has 0 aromatic carbocycles. The number of unbranched alkanes of at least 4 members (excludes halogenated alkanes) is 1. The van der Waals surface area contributed by atoms with E-state index >= 15 is 0 Å². The fourth-order valence-corrected chi connectivity index (χ4v) is 3.77. The lowest BCUT2D eigenvalue weighted by Gasteiger charge is -2.38. The maximum absolute atomic E-state index is 12.7. The number of piperidine rings is 1. The van der Waals surface area contributed by atoms with E-state index in [0.29, 0.717) is 12.6 Å². The minimum absolute atomic E-state index is 0.233. The van der Waals surface area contributed by atoms with Gasteiger partial charge in [0.1, 0.15) is 0 Å². The first-order valence-corrected chi connectivity index (χ1v) is 8.93. The number of nitrogens with zero attached hydrogens (tertiary/aromatic N) is 1. The monoisotopic (exact) mass is 295 g/mol. The van der Waals surface area contributed by atoms with Crippen LogP contribution in [0.15, 0.2) is 0 Å². The van der Waals surface area contributed by atoms with Crippen molar-refractivity contribution in [3.63, 3.8) is 0 Å². The first kappa shape index (κ1) is 16.8. The molecule has 0 atom stereocenters. The van der Waals surface area contributed by atoms with Gasteiger partial charge in [-0.15, -0.1) is 0 Å². The molecule has 4 nitrogen and oxygen atoms in total. The van der Waals surface area contributed by atoms with Crippen molar-refractivity contribution in [2.24, 2.45) is 11.1 Å². The zero-order valence-corrected chi connectivity index (χ0v) is 13.7. The predicted molar refractivity (Wildman–Crippen MR) is 87.1 cm³/mol. The summed E-state index contributed by atoms with van der Waals surface area (Å²) in [5.41, 5.74) is 5.69. The zero-order valence-electron chi connectivity index (χ0n) is 13.7. The summed E-state index contributed by atoms with van der Waals surface area (Å²) in [4.78, 5) is 15.2. The SMILES string of the molecule is CCCCN1CCC(NC(=O)C2(CN)CCCCC2)CC1. The summed E-state index contributed by atoms with van der Waals surface area (Å²) in [5.74, 6) is 0.233. The molecule has 0 spiro atoms. The number of nitrogens with two attached hydrogens (primary N) is 1. The van der Waals surface area contributed by atoms with Crippen molar-refractivity contribution in [1.82, 2.24) is 10.2 Å². The molecule has 3 N–H and O–H groups in total. The van der Waals surface area contributed by atoms with Crippen molar-refractivity contribution in [1.29, 1.82) is 0 Å². The van der Waals surface area contributed by atoms with E-state index in [1.165, 1.54) is 25.8 Å². The predicted octanol–water partition coefficient (Wildman–Crippen LogP) is 2.28. The Morgan fingerprint density at radius 2 is 1.90 bits per heavy atom. The van der Waals surface area contributed by atoms with Crippen LogP contribution in [0.1, 0.15) is 64.7 Å². The molecule has 122 valence electrons. The topological polar surface area (TPSA) is 58.4 Å². The fraction of sp³-hybridized carbons (Fsp3) is 0.941. The third kappa shape index (κ3) is 4.43. The molecular weight excluding hydrogens is 262 g/mol. The van der Waals surface area contributed by atoms with Crippen LogP contribution in [0, 0.1) is 5.41 Å². The molecule has 21 heavy (non-hydrogen) atoms. The minimum atomic E-state index is -0.266. The van der Waals surface area contributed by atoms with Gasteiger partial charge in [0.25, 0.3) is 0 Å². The highest BCUT2D eigenvalue weighted by atomic mass is 16.2. The number of rotatable bonds is 6. The second-order valence-electron chi connectivity index (χ2n) is 6.99. The van der Waals surface area contributed by atoms with E-state index in [0.717, 1.165) is 51.6 Å². The van der Waals surface area contributed by atoms with Crippen LogP contribution in [0.25, 0.3) is 0 Å². The van der Waals surface area contributed by atoms with Crippen molar-refractivity contribution in [2.45, 2.75) is 70.8 Å². The van der Waals surface area contributed by atoms with E-state index in [2.05, 4.69) is 17.1 Å². The van der Waals surface area contributed by atoms with Gasteiger partial charge in [-0.3, -0.25) is 4.79 Å². The van der Waals surface area contributed by atoms with Gasteiger partial charge in [-0.1, -0.05) is 32.6 Å². The number of carbonyl (C=O) groups is 1. The number of nitrogens with one attached hydrogen (secondary N) is 1. The lowest BCUT2D eigenvalue weighted by atomic mass is 9.73. The number of amides is 1. The molecule has 1 aliphatic heterocycles. The van der Waals surface area contributed by atoms with Crippen LogP contribution in [0.5, 0.6) is 0 Å². The van der Waals surface area contributed by atoms with Gasteiger partial charge in [0, 0.05) is 25.7 Å². The Kier molecular flexibility index (Phi) is 6.49. The summed E-state index contributed by atoms with van der Waals surface area (Å²) in [7, 11) is 0. The molecule has 2 rings (SSSR count). The van der Waals surface area contributed by atoms with Gasteiger partial charge < -0.3 is 16.0 Å². The molecule has 0 unspecified atom stereocenters. The van der Waals surface area contributed by atoms with Gasteiger partial charge >= 0.3 is 0 Å². The highest BCUT2D eigenvalue weighted by Gasteiger charge is 2.39. The van der Waals surface area contributed by atoms with E-state index < -0.39 is 0 Å². The smallest absolute Gasteiger partial charge is 0.227 e. The first-order valence-electron chi connectivity index (χ1n) is 8.93. The third-order valence-electron chi connectivity index (χ3n) is 5.43. The molecule has 0 radical (unpaired) electrons. The third-order valence-corrected chi connectivity index (χ3v) is 5.43. The van der Waals surface area contributed by atoms with Gasteiger partial charge in [0.15, 0.2) is 0 Å². The van der Waals surface area contributed by atoms with E-state index in [4.69, 9.17) is 5.73 Å². The van der Waals surface area contributed by atoms with E-state index in [9.17, 15) is 4.79 Å². The second kappa shape index (κ2) is 8.14. The summed E-state index contributed by atoms with van der Waals surface area (Å²) < 4.78 is 0. The van der Waals surface area contributed by atoms with E-state index in [-0.39, 0.29) is 11.3 Å². The molecule has 2 aliphatic rings. The molecule has 4 heteroatoms. The summed E-state index contributed by atoms with van der Waals surface area (Å²) in [6.07, 6.45) is 10.2. The van der Waals surface area contributed by atoms with Gasteiger partial charge in [0.05, 0.1) is 5.41 Å². The molecule has 0 aromatic rings. The summed E-state index contributed by atoms with van der Waals surface area (Å²) in [5, 5.41) is 3.31. The molecule has 1 saturated heterocycles. The Bertz CT molecular complexity index is 318. The first-order chi connectivity index (χ1) is 10.2. The number of hydrogen-bond acceptors (Lipinski definition) is 3. The zero-order chi connectivity index (χ0) is 15.1. The molecular formula is C17H33N3O. The van der Waals surface area contributed by atoms with Crippen molar-refractivity contribution < 1.29 is 4.79 Å². The van der Waals surface area contributed by atoms with E-state index in [1.54, 1.807) is 0 Å². The Labute approximate surface area is 129 Å². The summed E-state index contributed by atoms with van der Waals surface area (Å²) >= 11 is 0. The van der Waals surface area contributed by atoms with Crippen LogP contribution in [0.2, 0.25) is 0 Å². The van der Waals surface area contributed by atoms with Crippen LogP contribution in [-0.4, -0.2) is 43.0 Å². The number of likely N-dealkylation sites (tertiary alicyclic amines) is 1. The lowest BCUT2D eigenvalue weighted by molar-refractivity contribution is -0.133. The minimum Gasteiger partial charge on any atom is -0.353 e.